The van der Waals surface area contributed by atoms with Gasteiger partial charge in [-0.05, 0) is 46.7 Å². The fourth-order valence-electron chi connectivity index (χ4n) is 3.28. The average Bonchev–Trinajstić information content (AvgIpc) is 3.40. The van der Waals surface area contributed by atoms with Crippen LogP contribution >= 0.6 is 0 Å². The molecule has 0 bridgehead atoms. The molecule has 2 aromatic carbocycles. The first-order valence-corrected chi connectivity index (χ1v) is 10.3. The maximum Gasteiger partial charge on any atom is 0.573 e. The first kappa shape index (κ1) is 22.8. The van der Waals surface area contributed by atoms with Gasteiger partial charge in [-0.15, -0.1) is 28.5 Å². The number of ether oxygens (including phenoxy) is 2. The summed E-state index contributed by atoms with van der Waals surface area (Å²) >= 11 is 0. The molecule has 0 atom stereocenters. The highest BCUT2D eigenvalue weighted by Gasteiger charge is 2.31. The van der Waals surface area contributed by atoms with E-state index in [0.29, 0.717) is 22.3 Å². The van der Waals surface area contributed by atoms with Crippen molar-refractivity contribution in [1.29, 1.82) is 0 Å². The highest BCUT2D eigenvalue weighted by molar-refractivity contribution is 5.83. The Kier molecular flexibility index (Phi) is 5.93. The molecule has 182 valence electrons. The van der Waals surface area contributed by atoms with Crippen molar-refractivity contribution >= 4 is 10.9 Å². The normalized spacial score (nSPS) is 11.5. The zero-order chi connectivity index (χ0) is 25.1. The van der Waals surface area contributed by atoms with E-state index in [9.17, 15) is 18.0 Å². The van der Waals surface area contributed by atoms with E-state index in [0.717, 1.165) is 4.68 Å². The highest BCUT2D eigenvalue weighted by Crippen LogP contribution is 2.27. The molecule has 5 rings (SSSR count). The second-order valence-corrected chi connectivity index (χ2v) is 7.23. The maximum atomic E-state index is 13.0. The molecule has 3 heterocycles. The number of fused-ring (bicyclic) bond motifs is 1. The first-order chi connectivity index (χ1) is 17.4. The lowest BCUT2D eigenvalue weighted by atomic mass is 10.0. The van der Waals surface area contributed by atoms with Gasteiger partial charge in [-0.1, -0.05) is 23.4 Å². The Hall–Kier alpha value is -4.95. The number of tetrazole rings is 1. The number of aromatic nitrogens is 9. The van der Waals surface area contributed by atoms with Crippen LogP contribution in [0, 0.1) is 0 Å². The van der Waals surface area contributed by atoms with E-state index in [1.54, 1.807) is 24.3 Å². The Labute approximate surface area is 198 Å². The van der Waals surface area contributed by atoms with Gasteiger partial charge in [-0.3, -0.25) is 4.79 Å². The van der Waals surface area contributed by atoms with Crippen LogP contribution < -0.4 is 15.0 Å². The Bertz CT molecular complexity index is 1560. The summed E-state index contributed by atoms with van der Waals surface area (Å²) in [5.41, 5.74) is 1.57. The summed E-state index contributed by atoms with van der Waals surface area (Å²) in [6.45, 7) is 0.0847. The standard InChI is InChI=1S/C21H14F3N9O3/c22-21(23,24)36-14-4-1-12(2-5-14)13-3-6-16-15(11-13)19(34)33(32-27-16)9-10-35-20-25-8-7-17(26-20)18-28-30-31-29-18/h1-8,11H,9-10H2,(H,28,29,30,31). The lowest BCUT2D eigenvalue weighted by molar-refractivity contribution is -0.274. The quantitative estimate of drug-likeness (QED) is 0.356. The van der Waals surface area contributed by atoms with E-state index in [4.69, 9.17) is 4.74 Å². The summed E-state index contributed by atoms with van der Waals surface area (Å²) < 4.78 is 47.7. The fraction of sp³-hybridized carbons (Fsp3) is 0.143. The van der Waals surface area contributed by atoms with E-state index in [2.05, 4.69) is 45.6 Å². The number of nitrogens with one attached hydrogen (secondary N) is 1. The number of benzene rings is 2. The number of rotatable bonds is 7. The largest absolute Gasteiger partial charge is 0.573 e. The Morgan fingerprint density at radius 2 is 1.81 bits per heavy atom. The van der Waals surface area contributed by atoms with Crippen molar-refractivity contribution in [1.82, 2.24) is 45.6 Å². The zero-order valence-corrected chi connectivity index (χ0v) is 18.0. The Morgan fingerprint density at radius 1 is 1.00 bits per heavy atom. The van der Waals surface area contributed by atoms with Crippen LogP contribution in [-0.2, 0) is 6.54 Å². The molecule has 0 saturated carbocycles. The third-order valence-corrected chi connectivity index (χ3v) is 4.89. The maximum absolute atomic E-state index is 13.0. The van der Waals surface area contributed by atoms with Gasteiger partial charge in [0.25, 0.3) is 5.56 Å². The molecule has 0 aliphatic carbocycles. The smallest absolute Gasteiger partial charge is 0.461 e. The molecule has 0 amide bonds. The molecule has 0 fully saturated rings. The van der Waals surface area contributed by atoms with E-state index in [1.807, 2.05) is 0 Å². The number of aromatic amines is 1. The topological polar surface area (TPSA) is 146 Å². The van der Waals surface area contributed by atoms with Gasteiger partial charge in [0.2, 0.25) is 5.82 Å². The molecule has 0 spiro atoms. The van der Waals surface area contributed by atoms with Crippen molar-refractivity contribution in [2.75, 3.05) is 6.61 Å². The predicted octanol–water partition coefficient (Wildman–Crippen LogP) is 2.41. The molecular formula is C21H14F3N9O3. The number of hydrogen-bond donors (Lipinski definition) is 1. The van der Waals surface area contributed by atoms with Crippen LogP contribution in [0.5, 0.6) is 11.8 Å². The second kappa shape index (κ2) is 9.36. The summed E-state index contributed by atoms with van der Waals surface area (Å²) in [6, 6.07) is 11.9. The summed E-state index contributed by atoms with van der Waals surface area (Å²) in [5.74, 6) is -0.0655. The minimum atomic E-state index is -4.78. The molecule has 0 saturated heterocycles. The minimum absolute atomic E-state index is 0.0240. The number of alkyl halides is 3. The summed E-state index contributed by atoms with van der Waals surface area (Å²) in [7, 11) is 0. The number of nitrogens with zero attached hydrogens (tertiary/aromatic N) is 8. The van der Waals surface area contributed by atoms with Crippen LogP contribution in [0.25, 0.3) is 33.5 Å². The molecule has 15 heteroatoms. The van der Waals surface area contributed by atoms with Gasteiger partial charge in [0.15, 0.2) is 0 Å². The molecule has 12 nitrogen and oxygen atoms in total. The van der Waals surface area contributed by atoms with Gasteiger partial charge in [-0.2, -0.15) is 10.2 Å². The van der Waals surface area contributed by atoms with Gasteiger partial charge < -0.3 is 9.47 Å². The van der Waals surface area contributed by atoms with Crippen LogP contribution in [0.15, 0.2) is 59.5 Å². The fourth-order valence-corrected chi connectivity index (χ4v) is 3.28. The number of hydrogen-bond acceptors (Lipinski definition) is 10. The van der Waals surface area contributed by atoms with Gasteiger partial charge in [0, 0.05) is 6.20 Å². The van der Waals surface area contributed by atoms with Gasteiger partial charge >= 0.3 is 12.4 Å². The molecular weight excluding hydrogens is 483 g/mol. The van der Waals surface area contributed by atoms with Gasteiger partial charge in [0.1, 0.15) is 23.6 Å². The summed E-state index contributed by atoms with van der Waals surface area (Å²) in [5, 5.41) is 21.7. The third kappa shape index (κ3) is 5.08. The van der Waals surface area contributed by atoms with Gasteiger partial charge in [0.05, 0.1) is 11.9 Å². The Balaban J connectivity index is 1.31. The van der Waals surface area contributed by atoms with Gasteiger partial charge in [-0.25, -0.2) is 9.67 Å². The summed E-state index contributed by atoms with van der Waals surface area (Å²) in [6.07, 6.45) is -3.31. The van der Waals surface area contributed by atoms with E-state index in [1.165, 1.54) is 30.5 Å². The van der Waals surface area contributed by atoms with Crippen molar-refractivity contribution in [2.45, 2.75) is 12.9 Å². The van der Waals surface area contributed by atoms with Crippen LogP contribution in [0.1, 0.15) is 0 Å². The van der Waals surface area contributed by atoms with Crippen LogP contribution in [0.4, 0.5) is 13.2 Å². The number of halogens is 3. The molecule has 1 N–H and O–H groups in total. The van der Waals surface area contributed by atoms with Crippen molar-refractivity contribution in [3.8, 4) is 34.4 Å². The van der Waals surface area contributed by atoms with E-state index in [-0.39, 0.29) is 36.1 Å². The van der Waals surface area contributed by atoms with Crippen LogP contribution in [0.2, 0.25) is 0 Å². The van der Waals surface area contributed by atoms with Crippen molar-refractivity contribution in [3.05, 3.63) is 65.1 Å². The number of H-pyrrole nitrogens is 1. The second-order valence-electron chi connectivity index (χ2n) is 7.23. The Morgan fingerprint density at radius 3 is 2.56 bits per heavy atom. The van der Waals surface area contributed by atoms with E-state index < -0.39 is 11.9 Å². The van der Waals surface area contributed by atoms with Crippen LogP contribution in [0.3, 0.4) is 0 Å². The SMILES string of the molecule is O=c1c2cc(-c3ccc(OC(F)(F)F)cc3)ccc2nnn1CCOc1nccc(-c2nn[nH]n2)n1. The third-order valence-electron chi connectivity index (χ3n) is 4.89. The summed E-state index contributed by atoms with van der Waals surface area (Å²) in [4.78, 5) is 21.2. The van der Waals surface area contributed by atoms with Crippen molar-refractivity contribution in [2.24, 2.45) is 0 Å². The lowest BCUT2D eigenvalue weighted by Gasteiger charge is -2.10. The molecule has 3 aromatic heterocycles. The molecule has 5 aromatic rings. The molecule has 0 unspecified atom stereocenters. The highest BCUT2D eigenvalue weighted by atomic mass is 19.4. The lowest BCUT2D eigenvalue weighted by Crippen LogP contribution is -2.27. The molecule has 36 heavy (non-hydrogen) atoms. The predicted molar refractivity (Wildman–Crippen MR) is 117 cm³/mol. The van der Waals surface area contributed by atoms with Crippen LogP contribution in [-0.4, -0.2) is 58.6 Å². The molecule has 0 aliphatic heterocycles. The van der Waals surface area contributed by atoms with Crippen molar-refractivity contribution in [3.63, 3.8) is 0 Å². The molecule has 0 radical (unpaired) electrons. The van der Waals surface area contributed by atoms with Crippen molar-refractivity contribution < 1.29 is 22.6 Å². The first-order valence-electron chi connectivity index (χ1n) is 10.3. The molecule has 0 aliphatic rings. The average molecular weight is 497 g/mol. The monoisotopic (exact) mass is 497 g/mol. The van der Waals surface area contributed by atoms with E-state index >= 15 is 0 Å². The zero-order valence-electron chi connectivity index (χ0n) is 18.0. The minimum Gasteiger partial charge on any atom is -0.461 e.